The second-order valence-corrected chi connectivity index (χ2v) is 16.9. The fourth-order valence-electron chi connectivity index (χ4n) is 9.69. The summed E-state index contributed by atoms with van der Waals surface area (Å²) in [6.07, 6.45) is 0. The van der Waals surface area contributed by atoms with Crippen molar-refractivity contribution in [3.63, 3.8) is 0 Å². The Kier molecular flexibility index (Phi) is 6.01. The Morgan fingerprint density at radius 2 is 0.984 bits per heavy atom. The number of pyridine rings is 2. The molecule has 62 heavy (non-hydrogen) atoms. The normalized spacial score (nSPS) is 12.6. The molecule has 0 atom stereocenters. The molecule has 0 unspecified atom stereocenters. The van der Waals surface area contributed by atoms with Gasteiger partial charge in [0.2, 0.25) is 11.6 Å². The minimum Gasteiger partial charge on any atom is -0.453 e. The van der Waals surface area contributed by atoms with E-state index in [4.69, 9.17) is 29.3 Å². The Morgan fingerprint density at radius 3 is 1.66 bits per heavy atom. The van der Waals surface area contributed by atoms with E-state index in [-0.39, 0.29) is 0 Å². The lowest BCUT2D eigenvalue weighted by molar-refractivity contribution is 0.667. The summed E-state index contributed by atoms with van der Waals surface area (Å²) in [5, 5.41) is 0. The zero-order chi connectivity index (χ0) is 40.4. The lowest BCUT2D eigenvalue weighted by Gasteiger charge is -2.07. The molecule has 0 spiro atoms. The summed E-state index contributed by atoms with van der Waals surface area (Å²) in [6, 6.07) is 52.6. The molecule has 0 aliphatic carbocycles. The molecule has 0 bridgehead atoms. The molecule has 0 fully saturated rings. The van der Waals surface area contributed by atoms with Gasteiger partial charge in [-0.15, -0.1) is 0 Å². The molecular formula is C50H28N10OS. The second kappa shape index (κ2) is 11.5. The van der Waals surface area contributed by atoms with Crippen molar-refractivity contribution in [1.82, 2.24) is 47.3 Å². The summed E-state index contributed by atoms with van der Waals surface area (Å²) >= 11 is 1.70. The second-order valence-electron chi connectivity index (χ2n) is 15.9. The molecule has 9 aromatic heterocycles. The van der Waals surface area contributed by atoms with E-state index < -0.39 is 0 Å². The Bertz CT molecular complexity index is 4440. The highest BCUT2D eigenvalue weighted by Crippen LogP contribution is 2.38. The van der Waals surface area contributed by atoms with Crippen LogP contribution in [0.5, 0.6) is 0 Å². The lowest BCUT2D eigenvalue weighted by atomic mass is 10.1. The third kappa shape index (κ3) is 4.20. The topological polar surface area (TPSA) is 101 Å². The van der Waals surface area contributed by atoms with Crippen molar-refractivity contribution in [1.29, 1.82) is 0 Å². The van der Waals surface area contributed by atoms with Crippen LogP contribution in [-0.2, 0) is 7.05 Å². The quantitative estimate of drug-likeness (QED) is 0.176. The molecule has 0 amide bonds. The summed E-state index contributed by atoms with van der Waals surface area (Å²) in [4.78, 5) is 26.5. The first-order valence-corrected chi connectivity index (χ1v) is 21.2. The summed E-state index contributed by atoms with van der Waals surface area (Å²) in [7, 11) is 2.06. The zero-order valence-corrected chi connectivity index (χ0v) is 33.5. The van der Waals surface area contributed by atoms with Crippen LogP contribution < -0.4 is 0 Å². The van der Waals surface area contributed by atoms with Gasteiger partial charge in [-0.1, -0.05) is 59.9 Å². The number of imidazole rings is 5. The number of rotatable bonds is 3. The highest BCUT2D eigenvalue weighted by Gasteiger charge is 2.21. The first kappa shape index (κ1) is 32.5. The first-order valence-electron chi connectivity index (χ1n) is 20.4. The van der Waals surface area contributed by atoms with Crippen LogP contribution in [0.3, 0.4) is 0 Å². The molecule has 0 saturated carbocycles. The minimum absolute atomic E-state index is 0.693. The number of fused-ring (bicyclic) bond motifs is 18. The van der Waals surface area contributed by atoms with E-state index in [1.165, 1.54) is 0 Å². The maximum absolute atomic E-state index is 6.33. The fourth-order valence-corrected chi connectivity index (χ4v) is 10.8. The largest absolute Gasteiger partial charge is 0.453 e. The van der Waals surface area contributed by atoms with Crippen molar-refractivity contribution in [2.75, 3.05) is 0 Å². The van der Waals surface area contributed by atoms with Gasteiger partial charge in [-0.25, -0.2) is 24.9 Å². The molecule has 0 aliphatic heterocycles. The fraction of sp³-hybridized carbons (Fsp3) is 0.0200. The molecule has 15 rings (SSSR count). The first-order chi connectivity index (χ1) is 30.6. The van der Waals surface area contributed by atoms with Crippen molar-refractivity contribution in [3.8, 4) is 28.2 Å². The van der Waals surface area contributed by atoms with Gasteiger partial charge < -0.3 is 8.98 Å². The number of furan rings is 1. The van der Waals surface area contributed by atoms with Crippen molar-refractivity contribution in [3.05, 3.63) is 152 Å². The number of hydrogen-bond acceptors (Lipinski definition) is 7. The zero-order valence-electron chi connectivity index (χ0n) is 32.7. The molecule has 0 saturated heterocycles. The van der Waals surface area contributed by atoms with Gasteiger partial charge in [0.1, 0.15) is 11.0 Å². The molecule has 9 heterocycles. The summed E-state index contributed by atoms with van der Waals surface area (Å²) < 4.78 is 18.6. The van der Waals surface area contributed by atoms with Crippen LogP contribution >= 0.6 is 11.3 Å². The number of aromatic nitrogens is 10. The maximum Gasteiger partial charge on any atom is 0.220 e. The van der Waals surface area contributed by atoms with Crippen molar-refractivity contribution >= 4 is 115 Å². The van der Waals surface area contributed by atoms with Gasteiger partial charge >= 0.3 is 0 Å². The number of para-hydroxylation sites is 6. The van der Waals surface area contributed by atoms with Crippen molar-refractivity contribution in [2.45, 2.75) is 0 Å². The van der Waals surface area contributed by atoms with Gasteiger partial charge in [-0.2, -0.15) is 0 Å². The average molecular weight is 817 g/mol. The highest BCUT2D eigenvalue weighted by molar-refractivity contribution is 7.23. The van der Waals surface area contributed by atoms with Crippen LogP contribution in [0, 0.1) is 0 Å². The Balaban J connectivity index is 0.881. The molecule has 290 valence electrons. The van der Waals surface area contributed by atoms with Gasteiger partial charge in [0.25, 0.3) is 0 Å². The van der Waals surface area contributed by atoms with Gasteiger partial charge in [-0.3, -0.25) is 17.8 Å². The Hall–Kier alpha value is -8.35. The molecular weight excluding hydrogens is 789 g/mol. The number of aryl methyl sites for hydroxylation is 1. The van der Waals surface area contributed by atoms with E-state index in [1.807, 2.05) is 42.5 Å². The third-order valence-electron chi connectivity index (χ3n) is 12.5. The Labute approximate surface area is 352 Å². The Morgan fingerprint density at radius 1 is 0.435 bits per heavy atom. The summed E-state index contributed by atoms with van der Waals surface area (Å²) in [5.74, 6) is 1.75. The molecule has 15 aromatic rings. The molecule has 0 N–H and O–H groups in total. The molecule has 11 nitrogen and oxygen atoms in total. The highest BCUT2D eigenvalue weighted by atomic mass is 32.1. The predicted octanol–water partition coefficient (Wildman–Crippen LogP) is 11.8. The number of thiazole rings is 1. The van der Waals surface area contributed by atoms with E-state index in [0.717, 1.165) is 121 Å². The molecule has 0 aliphatic rings. The smallest absolute Gasteiger partial charge is 0.220 e. The number of hydrogen-bond donors (Lipinski definition) is 0. The number of nitrogens with zero attached hydrogens (tertiary/aromatic N) is 10. The van der Waals surface area contributed by atoms with Crippen LogP contribution in [0.4, 0.5) is 0 Å². The van der Waals surface area contributed by atoms with E-state index in [9.17, 15) is 0 Å². The van der Waals surface area contributed by atoms with Gasteiger partial charge in [-0.05, 0) is 103 Å². The average Bonchev–Trinajstić information content (AvgIpc) is 4.17. The maximum atomic E-state index is 6.33. The summed E-state index contributed by atoms with van der Waals surface area (Å²) in [5.41, 5.74) is 19.1. The van der Waals surface area contributed by atoms with Crippen LogP contribution in [0.15, 0.2) is 156 Å². The monoisotopic (exact) mass is 816 g/mol. The van der Waals surface area contributed by atoms with Crippen LogP contribution in [0.25, 0.3) is 132 Å². The number of benzene rings is 6. The lowest BCUT2D eigenvalue weighted by Crippen LogP contribution is -1.95. The minimum atomic E-state index is 0.693. The molecule has 0 radical (unpaired) electrons. The van der Waals surface area contributed by atoms with E-state index in [0.29, 0.717) is 11.2 Å². The van der Waals surface area contributed by atoms with E-state index in [2.05, 4.69) is 139 Å². The van der Waals surface area contributed by atoms with Gasteiger partial charge in [0.15, 0.2) is 16.1 Å². The molecule has 6 aromatic carbocycles. The van der Waals surface area contributed by atoms with E-state index in [1.54, 1.807) is 11.3 Å². The standard InChI is InChI=1S/C50H28N10OS/c1-56-38-19-14-27(24-41(38)58-35-11-5-2-8-32(35)53-48(56)58)30-17-22-43-46(51-30)47-44(61-43)23-18-31(52-47)28-15-20-39-42(25-28)59-36-12-6-3-9-33(36)54-49(59)57(39)29-16-21-40-45(26-29)62-50-55-34-10-4-7-13-37(34)60(40)50/h2-26H,1H3. The molecule has 12 heteroatoms. The van der Waals surface area contributed by atoms with Gasteiger partial charge in [0.05, 0.1) is 82.5 Å². The summed E-state index contributed by atoms with van der Waals surface area (Å²) in [6.45, 7) is 0. The van der Waals surface area contributed by atoms with Crippen LogP contribution in [0.2, 0.25) is 0 Å². The predicted molar refractivity (Wildman–Crippen MR) is 248 cm³/mol. The van der Waals surface area contributed by atoms with E-state index >= 15 is 0 Å². The van der Waals surface area contributed by atoms with Crippen molar-refractivity contribution in [2.24, 2.45) is 7.05 Å². The van der Waals surface area contributed by atoms with Crippen LogP contribution in [0.1, 0.15) is 0 Å². The van der Waals surface area contributed by atoms with Crippen molar-refractivity contribution < 1.29 is 4.42 Å². The van der Waals surface area contributed by atoms with Crippen LogP contribution in [-0.4, -0.2) is 47.3 Å². The third-order valence-corrected chi connectivity index (χ3v) is 13.6. The SMILES string of the molecule is Cn1c2ccc(-c3ccc4oc5ccc(-c6ccc7c(c6)n6c8ccccc8nc6n7-c6ccc7c(c6)sc6nc8ccccc8n67)nc5c4n3)cc2n2c3ccccc3nc12. The van der Waals surface area contributed by atoms with Gasteiger partial charge in [0, 0.05) is 18.2 Å².